The van der Waals surface area contributed by atoms with Gasteiger partial charge in [-0.3, -0.25) is 4.79 Å². The highest BCUT2D eigenvalue weighted by atomic mass is 35.5. The Hall–Kier alpha value is -3.29. The third kappa shape index (κ3) is 4.60. The first-order valence-electron chi connectivity index (χ1n) is 11.2. The molecule has 2 aromatic heterocycles. The van der Waals surface area contributed by atoms with Gasteiger partial charge in [-0.05, 0) is 54.8 Å². The van der Waals surface area contributed by atoms with E-state index in [1.165, 1.54) is 5.69 Å². The molecule has 0 aliphatic carbocycles. The van der Waals surface area contributed by atoms with Crippen LogP contribution in [-0.4, -0.2) is 47.7 Å². The van der Waals surface area contributed by atoms with Gasteiger partial charge >= 0.3 is 0 Å². The van der Waals surface area contributed by atoms with Crippen molar-refractivity contribution in [3.05, 3.63) is 75.2 Å². The number of nitrogens with one attached hydrogen (secondary N) is 4. The van der Waals surface area contributed by atoms with E-state index >= 15 is 0 Å². The number of piperazine rings is 1. The summed E-state index contributed by atoms with van der Waals surface area (Å²) >= 11 is 6.09. The predicted molar refractivity (Wildman–Crippen MR) is 136 cm³/mol. The number of aromatic amines is 2. The minimum Gasteiger partial charge on any atom is -0.384 e. The van der Waals surface area contributed by atoms with Crippen molar-refractivity contribution >= 4 is 34.0 Å². The van der Waals surface area contributed by atoms with Gasteiger partial charge in [-0.25, -0.2) is 4.98 Å². The van der Waals surface area contributed by atoms with Crippen LogP contribution in [0.15, 0.2) is 53.5 Å². The smallest absolute Gasteiger partial charge is 0.261 e. The predicted octanol–water partition coefficient (Wildman–Crippen LogP) is 3.94. The van der Waals surface area contributed by atoms with Gasteiger partial charge in [-0.1, -0.05) is 23.7 Å². The fraction of sp³-hybridized carbons (Fsp3) is 0.280. The van der Waals surface area contributed by atoms with E-state index in [-0.39, 0.29) is 5.56 Å². The molecule has 5 rings (SSSR count). The number of nitrogens with zero attached hydrogens (tertiary/aromatic N) is 2. The van der Waals surface area contributed by atoms with E-state index in [4.69, 9.17) is 16.6 Å². The molecule has 1 aliphatic rings. The molecule has 33 heavy (non-hydrogen) atoms. The van der Waals surface area contributed by atoms with E-state index in [9.17, 15) is 4.79 Å². The van der Waals surface area contributed by atoms with Crippen LogP contribution in [0, 0.1) is 6.92 Å². The third-order valence-corrected chi connectivity index (χ3v) is 6.29. The van der Waals surface area contributed by atoms with Gasteiger partial charge in [0.15, 0.2) is 0 Å². The van der Waals surface area contributed by atoms with Gasteiger partial charge in [-0.15, -0.1) is 0 Å². The van der Waals surface area contributed by atoms with Crippen LogP contribution in [0.3, 0.4) is 0 Å². The Morgan fingerprint density at radius 1 is 1.15 bits per heavy atom. The molecule has 1 fully saturated rings. The number of fused-ring (bicyclic) bond motifs is 1. The van der Waals surface area contributed by atoms with Crippen LogP contribution in [0.25, 0.3) is 22.4 Å². The standard InChI is InChI=1S/C25H27ClN6O/c1-16-13-19(32-11-9-27-10-12-32)15-21-23(16)31-24(30-21)22-20(6-8-29-25(22)33)28-7-5-17-3-2-4-18(26)14-17/h2-4,6,8,13-15,27H,5,7,9-12H2,1H3,(H,30,31)(H2,28,29,33). The SMILES string of the molecule is Cc1cc(N2CCNCC2)cc2[nH]c(-c3c(NCCc4cccc(Cl)c4)cc[nH]c3=O)nc12. The first-order valence-corrected chi connectivity index (χ1v) is 11.6. The largest absolute Gasteiger partial charge is 0.384 e. The Labute approximate surface area is 197 Å². The van der Waals surface area contributed by atoms with Crippen molar-refractivity contribution in [2.24, 2.45) is 0 Å². The van der Waals surface area contributed by atoms with Crippen molar-refractivity contribution in [1.29, 1.82) is 0 Å². The monoisotopic (exact) mass is 462 g/mol. The fourth-order valence-electron chi connectivity index (χ4n) is 4.39. The van der Waals surface area contributed by atoms with Crippen LogP contribution in [0.1, 0.15) is 11.1 Å². The van der Waals surface area contributed by atoms with Crippen molar-refractivity contribution in [2.75, 3.05) is 42.9 Å². The van der Waals surface area contributed by atoms with E-state index in [2.05, 4.69) is 44.6 Å². The molecule has 0 spiro atoms. The number of hydrogen-bond acceptors (Lipinski definition) is 5. The minimum atomic E-state index is -0.179. The van der Waals surface area contributed by atoms with Crippen molar-refractivity contribution in [3.63, 3.8) is 0 Å². The summed E-state index contributed by atoms with van der Waals surface area (Å²) in [5.41, 5.74) is 6.32. The molecule has 1 aliphatic heterocycles. The van der Waals surface area contributed by atoms with E-state index in [0.29, 0.717) is 17.9 Å². The summed E-state index contributed by atoms with van der Waals surface area (Å²) < 4.78 is 0. The molecule has 2 aromatic carbocycles. The summed E-state index contributed by atoms with van der Waals surface area (Å²) in [6, 6.07) is 14.0. The van der Waals surface area contributed by atoms with Gasteiger partial charge in [0.25, 0.3) is 5.56 Å². The summed E-state index contributed by atoms with van der Waals surface area (Å²) in [6.45, 7) is 6.65. The maximum absolute atomic E-state index is 12.8. The van der Waals surface area contributed by atoms with E-state index in [1.54, 1.807) is 6.20 Å². The van der Waals surface area contributed by atoms with Crippen LogP contribution in [0.5, 0.6) is 0 Å². The molecule has 0 unspecified atom stereocenters. The van der Waals surface area contributed by atoms with E-state index in [1.807, 2.05) is 30.3 Å². The Bertz CT molecular complexity index is 1340. The van der Waals surface area contributed by atoms with Gasteiger partial charge in [0, 0.05) is 49.6 Å². The number of rotatable bonds is 6. The first kappa shape index (κ1) is 21.6. The van der Waals surface area contributed by atoms with Crippen LogP contribution < -0.4 is 21.1 Å². The zero-order chi connectivity index (χ0) is 22.8. The van der Waals surface area contributed by atoms with Crippen LogP contribution >= 0.6 is 11.6 Å². The van der Waals surface area contributed by atoms with Crippen LogP contribution in [0.4, 0.5) is 11.4 Å². The van der Waals surface area contributed by atoms with Gasteiger partial charge in [0.1, 0.15) is 11.4 Å². The summed E-state index contributed by atoms with van der Waals surface area (Å²) in [5.74, 6) is 0.567. The lowest BCUT2D eigenvalue weighted by Crippen LogP contribution is -2.43. The zero-order valence-corrected chi connectivity index (χ0v) is 19.3. The Kier molecular flexibility index (Phi) is 6.07. The molecule has 0 atom stereocenters. The average molecular weight is 463 g/mol. The number of pyridine rings is 1. The molecule has 0 radical (unpaired) electrons. The van der Waals surface area contributed by atoms with Crippen molar-refractivity contribution in [1.82, 2.24) is 20.3 Å². The van der Waals surface area contributed by atoms with E-state index in [0.717, 1.165) is 65.5 Å². The number of H-pyrrole nitrogens is 2. The summed E-state index contributed by atoms with van der Waals surface area (Å²) in [5, 5.41) is 7.52. The molecule has 0 amide bonds. The first-order chi connectivity index (χ1) is 16.1. The molecule has 0 saturated carbocycles. The van der Waals surface area contributed by atoms with Crippen molar-refractivity contribution < 1.29 is 0 Å². The number of anilines is 2. The quantitative estimate of drug-likeness (QED) is 0.348. The molecule has 170 valence electrons. The van der Waals surface area contributed by atoms with Crippen molar-refractivity contribution in [3.8, 4) is 11.4 Å². The van der Waals surface area contributed by atoms with Crippen LogP contribution in [0.2, 0.25) is 5.02 Å². The second kappa shape index (κ2) is 9.29. The number of halogens is 1. The highest BCUT2D eigenvalue weighted by Gasteiger charge is 2.17. The number of benzene rings is 2. The molecule has 4 N–H and O–H groups in total. The number of aryl methyl sites for hydroxylation is 1. The molecule has 3 heterocycles. The molecule has 4 aromatic rings. The molecular formula is C25H27ClN6O. The average Bonchev–Trinajstić information content (AvgIpc) is 3.24. The molecular weight excluding hydrogens is 436 g/mol. The Morgan fingerprint density at radius 3 is 2.82 bits per heavy atom. The summed E-state index contributed by atoms with van der Waals surface area (Å²) in [7, 11) is 0. The lowest BCUT2D eigenvalue weighted by atomic mass is 10.1. The van der Waals surface area contributed by atoms with Crippen molar-refractivity contribution in [2.45, 2.75) is 13.3 Å². The lowest BCUT2D eigenvalue weighted by molar-refractivity contribution is 0.589. The van der Waals surface area contributed by atoms with Gasteiger partial charge in [0.05, 0.1) is 16.7 Å². The minimum absolute atomic E-state index is 0.179. The second-order valence-electron chi connectivity index (χ2n) is 8.38. The zero-order valence-electron chi connectivity index (χ0n) is 18.5. The van der Waals surface area contributed by atoms with Gasteiger partial charge in [-0.2, -0.15) is 0 Å². The molecule has 0 bridgehead atoms. The topological polar surface area (TPSA) is 88.8 Å². The second-order valence-corrected chi connectivity index (χ2v) is 8.82. The highest BCUT2D eigenvalue weighted by molar-refractivity contribution is 6.30. The van der Waals surface area contributed by atoms with Gasteiger partial charge < -0.3 is 25.5 Å². The number of aromatic nitrogens is 3. The normalized spacial score (nSPS) is 14.1. The molecule has 7 nitrogen and oxygen atoms in total. The fourth-order valence-corrected chi connectivity index (χ4v) is 4.60. The number of hydrogen-bond donors (Lipinski definition) is 4. The van der Waals surface area contributed by atoms with E-state index < -0.39 is 0 Å². The third-order valence-electron chi connectivity index (χ3n) is 6.06. The van der Waals surface area contributed by atoms with Crippen LogP contribution in [-0.2, 0) is 6.42 Å². The Morgan fingerprint density at radius 2 is 2.00 bits per heavy atom. The lowest BCUT2D eigenvalue weighted by Gasteiger charge is -2.29. The molecule has 8 heteroatoms. The maximum Gasteiger partial charge on any atom is 0.261 e. The summed E-state index contributed by atoms with van der Waals surface area (Å²) in [4.78, 5) is 26.2. The molecule has 1 saturated heterocycles. The summed E-state index contributed by atoms with van der Waals surface area (Å²) in [6.07, 6.45) is 2.45. The van der Waals surface area contributed by atoms with Gasteiger partial charge in [0.2, 0.25) is 0 Å². The highest BCUT2D eigenvalue weighted by Crippen LogP contribution is 2.29. The Balaban J connectivity index is 1.44. The number of imidazole rings is 1. The maximum atomic E-state index is 12.8.